The monoisotopic (exact) mass is 384 g/mol. The van der Waals surface area contributed by atoms with Crippen molar-refractivity contribution in [3.63, 3.8) is 0 Å². The first-order valence-corrected chi connectivity index (χ1v) is 8.94. The minimum absolute atomic E-state index is 0.0385. The number of carbonyl (C=O) groups is 1. The van der Waals surface area contributed by atoms with Crippen LogP contribution in [0.2, 0.25) is 0 Å². The number of nitrogens with one attached hydrogen (secondary N) is 1. The summed E-state index contributed by atoms with van der Waals surface area (Å²) in [6.45, 7) is 0.453. The van der Waals surface area contributed by atoms with Crippen LogP contribution in [0.4, 0.5) is 14.5 Å². The number of anilines is 1. The predicted molar refractivity (Wildman–Crippen MR) is 101 cm³/mol. The van der Waals surface area contributed by atoms with E-state index in [-0.39, 0.29) is 23.6 Å². The Bertz CT molecular complexity index is 1140. The highest BCUT2D eigenvalue weighted by molar-refractivity contribution is 6.04. The number of rotatable bonds is 3. The van der Waals surface area contributed by atoms with E-state index in [1.807, 2.05) is 0 Å². The second kappa shape index (κ2) is 7.03. The van der Waals surface area contributed by atoms with Gasteiger partial charge in [-0.3, -0.25) is 9.59 Å². The van der Waals surface area contributed by atoms with Crippen LogP contribution in [0.15, 0.2) is 41.2 Å². The van der Waals surface area contributed by atoms with Crippen LogP contribution in [0.1, 0.15) is 22.5 Å². The molecule has 0 unspecified atom stereocenters. The fourth-order valence-electron chi connectivity index (χ4n) is 3.66. The Morgan fingerprint density at radius 1 is 1.21 bits per heavy atom. The molecule has 0 atom stereocenters. The van der Waals surface area contributed by atoms with E-state index in [2.05, 4.69) is 10.4 Å². The van der Waals surface area contributed by atoms with Crippen LogP contribution in [0.5, 0.6) is 0 Å². The van der Waals surface area contributed by atoms with E-state index in [1.165, 1.54) is 13.1 Å². The van der Waals surface area contributed by atoms with Crippen molar-refractivity contribution in [2.45, 2.75) is 19.5 Å². The Morgan fingerprint density at radius 2 is 1.96 bits per heavy atom. The van der Waals surface area contributed by atoms with Crippen molar-refractivity contribution >= 4 is 22.4 Å². The third kappa shape index (κ3) is 3.00. The van der Waals surface area contributed by atoms with Gasteiger partial charge in [0.15, 0.2) is 5.69 Å². The van der Waals surface area contributed by atoms with Crippen molar-refractivity contribution in [2.24, 2.45) is 0 Å². The molecule has 2 aromatic carbocycles. The summed E-state index contributed by atoms with van der Waals surface area (Å²) in [6, 6.07) is 8.88. The second-order valence-electron chi connectivity index (χ2n) is 6.68. The second-order valence-corrected chi connectivity index (χ2v) is 6.68. The number of amides is 1. The maximum absolute atomic E-state index is 14.4. The lowest BCUT2D eigenvalue weighted by molar-refractivity contribution is 0.0957. The van der Waals surface area contributed by atoms with Gasteiger partial charge in [0.05, 0.1) is 11.1 Å². The minimum Gasteiger partial charge on any atom is -0.354 e. The van der Waals surface area contributed by atoms with Gasteiger partial charge in [0.1, 0.15) is 18.3 Å². The van der Waals surface area contributed by atoms with Gasteiger partial charge < -0.3 is 10.2 Å². The molecule has 2 heterocycles. The highest BCUT2D eigenvalue weighted by Crippen LogP contribution is 2.31. The third-order valence-electron chi connectivity index (χ3n) is 4.91. The summed E-state index contributed by atoms with van der Waals surface area (Å²) in [5.41, 5.74) is 0.576. The van der Waals surface area contributed by atoms with Gasteiger partial charge in [0, 0.05) is 25.0 Å². The number of carbonyl (C=O) groups excluding carboxylic acids is 1. The van der Waals surface area contributed by atoms with Gasteiger partial charge in [-0.1, -0.05) is 18.2 Å². The number of nitrogens with zero attached hydrogens (tertiary/aromatic N) is 3. The van der Waals surface area contributed by atoms with E-state index in [0.29, 0.717) is 35.7 Å². The fraction of sp³-hybridized carbons (Fsp3) is 0.250. The maximum atomic E-state index is 14.4. The van der Waals surface area contributed by atoms with Gasteiger partial charge in [0.2, 0.25) is 0 Å². The summed E-state index contributed by atoms with van der Waals surface area (Å²) in [6.07, 6.45) is 1.25. The van der Waals surface area contributed by atoms with Crippen LogP contribution in [0.25, 0.3) is 10.8 Å². The number of hydrogen-bond acceptors (Lipinski definition) is 4. The zero-order chi connectivity index (χ0) is 19.8. The number of hydrogen-bond donors (Lipinski definition) is 1. The molecule has 3 aromatic rings. The molecule has 4 rings (SSSR count). The first-order valence-electron chi connectivity index (χ1n) is 8.94. The molecule has 0 bridgehead atoms. The molecule has 0 aliphatic carbocycles. The van der Waals surface area contributed by atoms with Gasteiger partial charge in [-0.2, -0.15) is 5.10 Å². The van der Waals surface area contributed by atoms with Gasteiger partial charge in [0.25, 0.3) is 11.5 Å². The van der Waals surface area contributed by atoms with Crippen LogP contribution in [0, 0.1) is 11.6 Å². The first-order chi connectivity index (χ1) is 13.5. The number of aromatic nitrogens is 2. The number of fused-ring (bicyclic) bond motifs is 2. The van der Waals surface area contributed by atoms with Gasteiger partial charge >= 0.3 is 0 Å². The van der Waals surface area contributed by atoms with Crippen LogP contribution < -0.4 is 15.8 Å². The lowest BCUT2D eigenvalue weighted by Gasteiger charge is -2.31. The highest BCUT2D eigenvalue weighted by Gasteiger charge is 2.24. The van der Waals surface area contributed by atoms with E-state index >= 15 is 0 Å². The maximum Gasteiger partial charge on any atom is 0.276 e. The lowest BCUT2D eigenvalue weighted by Crippen LogP contribution is -2.38. The van der Waals surface area contributed by atoms with E-state index in [0.717, 1.165) is 10.7 Å². The topological polar surface area (TPSA) is 67.2 Å². The molecular weight excluding hydrogens is 366 g/mol. The fourth-order valence-corrected chi connectivity index (χ4v) is 3.66. The first kappa shape index (κ1) is 18.1. The van der Waals surface area contributed by atoms with Crippen molar-refractivity contribution in [3.05, 3.63) is 69.6 Å². The van der Waals surface area contributed by atoms with Gasteiger partial charge in [-0.05, 0) is 30.5 Å². The van der Waals surface area contributed by atoms with Crippen LogP contribution >= 0.6 is 0 Å². The molecule has 0 spiro atoms. The SMILES string of the molecule is CNC(=O)c1nn(CN2CCCc3cc(F)cc(F)c32)c(=O)c2ccccc12. The number of aryl methyl sites for hydroxylation is 1. The van der Waals surface area contributed by atoms with E-state index < -0.39 is 17.5 Å². The summed E-state index contributed by atoms with van der Waals surface area (Å²) < 4.78 is 29.2. The summed E-state index contributed by atoms with van der Waals surface area (Å²) in [5, 5.41) is 7.57. The molecule has 1 aliphatic heterocycles. The molecule has 6 nitrogen and oxygen atoms in total. The van der Waals surface area contributed by atoms with Crippen LogP contribution in [-0.4, -0.2) is 29.3 Å². The van der Waals surface area contributed by atoms with E-state index in [1.54, 1.807) is 29.2 Å². The molecule has 0 fully saturated rings. The Balaban J connectivity index is 1.83. The summed E-state index contributed by atoms with van der Waals surface area (Å²) in [5.74, 6) is -1.71. The number of halogens is 2. The van der Waals surface area contributed by atoms with E-state index in [9.17, 15) is 18.4 Å². The predicted octanol–water partition coefficient (Wildman–Crippen LogP) is 2.44. The molecular formula is C20H18F2N4O2. The Hall–Kier alpha value is -3.29. The van der Waals surface area contributed by atoms with Gasteiger partial charge in [-0.25, -0.2) is 13.5 Å². The van der Waals surface area contributed by atoms with Crippen molar-refractivity contribution in [1.82, 2.24) is 15.1 Å². The average molecular weight is 384 g/mol. The smallest absolute Gasteiger partial charge is 0.276 e. The Morgan fingerprint density at radius 3 is 2.71 bits per heavy atom. The molecule has 1 aromatic heterocycles. The minimum atomic E-state index is -0.671. The normalized spacial score (nSPS) is 13.5. The number of benzene rings is 2. The van der Waals surface area contributed by atoms with Crippen molar-refractivity contribution in [2.75, 3.05) is 18.5 Å². The molecule has 1 amide bonds. The third-order valence-corrected chi connectivity index (χ3v) is 4.91. The molecule has 0 saturated carbocycles. The molecule has 0 radical (unpaired) electrons. The zero-order valence-corrected chi connectivity index (χ0v) is 15.2. The van der Waals surface area contributed by atoms with Gasteiger partial charge in [-0.15, -0.1) is 0 Å². The van der Waals surface area contributed by atoms with Crippen molar-refractivity contribution in [1.29, 1.82) is 0 Å². The Labute approximate surface area is 159 Å². The molecule has 28 heavy (non-hydrogen) atoms. The standard InChI is InChI=1S/C20H18F2N4O2/c1-23-19(27)17-14-6-2-3-7-15(14)20(28)26(24-17)11-25-8-4-5-12-9-13(21)10-16(22)18(12)25/h2-3,6-7,9-10H,4-5,8,11H2,1H3,(H,23,27). The molecule has 1 aliphatic rings. The molecule has 0 saturated heterocycles. The largest absolute Gasteiger partial charge is 0.354 e. The van der Waals surface area contributed by atoms with E-state index in [4.69, 9.17) is 0 Å². The summed E-state index contributed by atoms with van der Waals surface area (Å²) in [4.78, 5) is 26.8. The molecule has 144 valence electrons. The summed E-state index contributed by atoms with van der Waals surface area (Å²) >= 11 is 0. The van der Waals surface area contributed by atoms with Crippen LogP contribution in [0.3, 0.4) is 0 Å². The molecule has 1 N–H and O–H groups in total. The van der Waals surface area contributed by atoms with Crippen molar-refractivity contribution in [3.8, 4) is 0 Å². The quantitative estimate of drug-likeness (QED) is 0.753. The van der Waals surface area contributed by atoms with Crippen molar-refractivity contribution < 1.29 is 13.6 Å². The van der Waals surface area contributed by atoms with Crippen LogP contribution in [-0.2, 0) is 13.1 Å². The Kier molecular flexibility index (Phi) is 4.54. The highest BCUT2D eigenvalue weighted by atomic mass is 19.1. The average Bonchev–Trinajstić information content (AvgIpc) is 2.69. The zero-order valence-electron chi connectivity index (χ0n) is 15.2. The summed E-state index contributed by atoms with van der Waals surface area (Å²) in [7, 11) is 1.49. The lowest BCUT2D eigenvalue weighted by atomic mass is 10.0. The molecule has 8 heteroatoms.